The summed E-state index contributed by atoms with van der Waals surface area (Å²) in [6, 6.07) is 18.1. The van der Waals surface area contributed by atoms with Gasteiger partial charge in [0.25, 0.3) is 5.70 Å². The average Bonchev–Trinajstić information content (AvgIpc) is 3.33. The van der Waals surface area contributed by atoms with Gasteiger partial charge in [0.2, 0.25) is 0 Å². The van der Waals surface area contributed by atoms with Crippen LogP contribution in [-0.2, 0) is 6.54 Å². The highest BCUT2D eigenvalue weighted by Crippen LogP contribution is 2.36. The van der Waals surface area contributed by atoms with Gasteiger partial charge in [-0.15, -0.1) is 0 Å². The van der Waals surface area contributed by atoms with Crippen molar-refractivity contribution in [2.24, 2.45) is 5.11 Å². The fourth-order valence-electron chi connectivity index (χ4n) is 3.37. The first-order valence-corrected chi connectivity index (χ1v) is 8.40. The maximum Gasteiger partial charge on any atom is 0.276 e. The smallest absolute Gasteiger partial charge is 0.276 e. The number of benzene rings is 2. The summed E-state index contributed by atoms with van der Waals surface area (Å²) >= 11 is 0. The van der Waals surface area contributed by atoms with Gasteiger partial charge in [0.15, 0.2) is 6.54 Å². The molecule has 7 nitrogen and oxygen atoms in total. The highest BCUT2D eigenvalue weighted by atomic mass is 16.5. The minimum atomic E-state index is 0.377. The van der Waals surface area contributed by atoms with Crippen LogP contribution in [0, 0.1) is 5.21 Å². The minimum Gasteiger partial charge on any atom is -0.594 e. The van der Waals surface area contributed by atoms with Crippen LogP contribution >= 0.6 is 0 Å². The van der Waals surface area contributed by atoms with Crippen molar-refractivity contribution in [3.05, 3.63) is 89.0 Å². The lowest BCUT2D eigenvalue weighted by Gasteiger charge is -2.31. The molecule has 0 atom stereocenters. The molecule has 0 aliphatic carbocycles. The van der Waals surface area contributed by atoms with E-state index in [9.17, 15) is 5.21 Å². The summed E-state index contributed by atoms with van der Waals surface area (Å²) in [7, 11) is 0. The Kier molecular flexibility index (Phi) is 3.24. The first kappa shape index (κ1) is 14.7. The summed E-state index contributed by atoms with van der Waals surface area (Å²) in [5.41, 5.74) is 8.86. The van der Waals surface area contributed by atoms with Gasteiger partial charge in [0.05, 0.1) is 23.5 Å². The van der Waals surface area contributed by atoms with E-state index in [0.717, 1.165) is 33.1 Å². The Labute approximate surface area is 150 Å². The maximum atomic E-state index is 12.0. The monoisotopic (exact) mass is 344 g/mol. The van der Waals surface area contributed by atoms with Crippen molar-refractivity contribution in [1.82, 2.24) is 15.2 Å². The van der Waals surface area contributed by atoms with Crippen LogP contribution in [0.25, 0.3) is 11.4 Å². The summed E-state index contributed by atoms with van der Waals surface area (Å²) in [6.07, 6.45) is 3.68. The number of hydrogen-bond donors (Lipinski definition) is 1. The summed E-state index contributed by atoms with van der Waals surface area (Å²) in [6.45, 7) is 1.05. The van der Waals surface area contributed by atoms with Crippen molar-refractivity contribution < 1.29 is 4.86 Å². The maximum absolute atomic E-state index is 12.0. The second-order valence-corrected chi connectivity index (χ2v) is 6.23. The fourth-order valence-corrected chi connectivity index (χ4v) is 3.37. The lowest BCUT2D eigenvalue weighted by Crippen LogP contribution is -2.41. The van der Waals surface area contributed by atoms with Crippen LogP contribution in [0.4, 0.5) is 5.69 Å². The molecule has 0 unspecified atom stereocenters. The average molecular weight is 344 g/mol. The number of hydroxylamine groups is 1. The number of nitrogens with one attached hydrogen (secondary N) is 1. The van der Waals surface area contributed by atoms with Gasteiger partial charge in [-0.3, -0.25) is 10.4 Å². The zero-order valence-electron chi connectivity index (χ0n) is 13.9. The number of nitrogens with zero attached hydrogens (tertiary/aromatic N) is 5. The summed E-state index contributed by atoms with van der Waals surface area (Å²) in [4.78, 5) is 0.720. The second kappa shape index (κ2) is 5.73. The second-order valence-electron chi connectivity index (χ2n) is 6.23. The minimum absolute atomic E-state index is 0.377. The number of fused-ring (bicyclic) bond motifs is 2. The molecule has 1 aromatic heterocycles. The van der Waals surface area contributed by atoms with Gasteiger partial charge in [-0.25, -0.2) is 4.68 Å². The van der Waals surface area contributed by atoms with Crippen LogP contribution < -0.4 is 10.4 Å². The molecule has 0 spiro atoms. The molecule has 3 heterocycles. The van der Waals surface area contributed by atoms with Gasteiger partial charge in [0.1, 0.15) is 5.70 Å². The summed E-state index contributed by atoms with van der Waals surface area (Å²) in [5.74, 6) is 0. The highest BCUT2D eigenvalue weighted by Gasteiger charge is 2.34. The van der Waals surface area contributed by atoms with Crippen molar-refractivity contribution in [3.8, 4) is 5.69 Å². The molecule has 26 heavy (non-hydrogen) atoms. The van der Waals surface area contributed by atoms with Gasteiger partial charge >= 0.3 is 0 Å². The first-order valence-electron chi connectivity index (χ1n) is 8.40. The van der Waals surface area contributed by atoms with Crippen LogP contribution in [0.2, 0.25) is 0 Å². The van der Waals surface area contributed by atoms with Gasteiger partial charge in [0, 0.05) is 12.4 Å². The first-order chi connectivity index (χ1) is 12.8. The molecule has 0 amide bonds. The van der Waals surface area contributed by atoms with Gasteiger partial charge < -0.3 is 5.21 Å². The molecule has 1 N–H and O–H groups in total. The van der Waals surface area contributed by atoms with E-state index in [2.05, 4.69) is 32.8 Å². The standard InChI is InChI=1S/C19H16N6O/c26-25-19-16-4-1-2-5-18(16)24(22-17(19)12-21-25)13-14-6-8-15(9-7-14)23-11-3-10-20-23/h1-11,22H,12-13H2. The number of hydrogen-bond acceptors (Lipinski definition) is 5. The van der Waals surface area contributed by atoms with E-state index in [1.54, 1.807) is 6.20 Å². The van der Waals surface area contributed by atoms with Crippen molar-refractivity contribution in [3.63, 3.8) is 0 Å². The largest absolute Gasteiger partial charge is 0.594 e. The van der Waals surface area contributed by atoms with E-state index in [4.69, 9.17) is 0 Å². The molecule has 3 aromatic rings. The summed E-state index contributed by atoms with van der Waals surface area (Å²) in [5, 5.41) is 22.3. The van der Waals surface area contributed by atoms with Gasteiger partial charge in [-0.2, -0.15) is 5.10 Å². The number of rotatable bonds is 3. The predicted molar refractivity (Wildman–Crippen MR) is 97.2 cm³/mol. The van der Waals surface area contributed by atoms with E-state index in [-0.39, 0.29) is 0 Å². The van der Waals surface area contributed by atoms with E-state index in [0.29, 0.717) is 18.8 Å². The molecule has 0 saturated carbocycles. The van der Waals surface area contributed by atoms with Crippen LogP contribution in [0.1, 0.15) is 11.1 Å². The Balaban J connectivity index is 1.44. The van der Waals surface area contributed by atoms with E-state index in [1.807, 2.05) is 53.3 Å². The number of para-hydroxylation sites is 1. The molecule has 0 radical (unpaired) electrons. The normalized spacial score (nSPS) is 15.4. The lowest BCUT2D eigenvalue weighted by atomic mass is 10.1. The van der Waals surface area contributed by atoms with Crippen molar-refractivity contribution >= 4 is 11.4 Å². The Morgan fingerprint density at radius 3 is 2.73 bits per heavy atom. The van der Waals surface area contributed by atoms with E-state index < -0.39 is 0 Å². The number of aromatic nitrogens is 2. The van der Waals surface area contributed by atoms with Crippen LogP contribution in [0.15, 0.2) is 77.8 Å². The van der Waals surface area contributed by atoms with Gasteiger partial charge in [-0.05, 0) is 41.0 Å². The third-order valence-corrected chi connectivity index (χ3v) is 4.60. The molecule has 0 bridgehead atoms. The zero-order chi connectivity index (χ0) is 17.5. The SMILES string of the molecule is [O-][N+]1=NCC2=C1c1ccccc1N(Cc1ccc(-n3cccn3)cc1)N2. The van der Waals surface area contributed by atoms with E-state index in [1.165, 1.54) is 0 Å². The predicted octanol–water partition coefficient (Wildman–Crippen LogP) is 3.04. The van der Waals surface area contributed by atoms with Crippen LogP contribution in [0.3, 0.4) is 0 Å². The molecule has 7 heteroatoms. The third kappa shape index (κ3) is 2.33. The highest BCUT2D eigenvalue weighted by molar-refractivity contribution is 5.77. The van der Waals surface area contributed by atoms with Crippen molar-refractivity contribution in [2.75, 3.05) is 11.6 Å². The topological polar surface area (TPSA) is 71.5 Å². The Morgan fingerprint density at radius 2 is 1.92 bits per heavy atom. The van der Waals surface area contributed by atoms with Crippen LogP contribution in [-0.4, -0.2) is 21.2 Å². The Hall–Kier alpha value is -3.61. The molecule has 5 rings (SSSR count). The Morgan fingerprint density at radius 1 is 1.08 bits per heavy atom. The lowest BCUT2D eigenvalue weighted by molar-refractivity contribution is -0.426. The Bertz CT molecular complexity index is 1020. The number of azo groups is 1. The van der Waals surface area contributed by atoms with E-state index >= 15 is 0 Å². The molecule has 2 aliphatic heterocycles. The molecule has 2 aromatic carbocycles. The third-order valence-electron chi connectivity index (χ3n) is 4.60. The molecule has 2 aliphatic rings. The molecule has 0 fully saturated rings. The van der Waals surface area contributed by atoms with Crippen LogP contribution in [0.5, 0.6) is 0 Å². The quantitative estimate of drug-likeness (QED) is 0.585. The van der Waals surface area contributed by atoms with Crippen molar-refractivity contribution in [2.45, 2.75) is 6.54 Å². The number of anilines is 1. The molecule has 0 saturated heterocycles. The molecule has 128 valence electrons. The molecular formula is C19H16N6O. The van der Waals surface area contributed by atoms with Gasteiger partial charge in [-0.1, -0.05) is 29.1 Å². The number of hydrazine groups is 1. The van der Waals surface area contributed by atoms with Crippen molar-refractivity contribution in [1.29, 1.82) is 0 Å². The fraction of sp³-hybridized carbons (Fsp3) is 0.105. The molecular weight excluding hydrogens is 328 g/mol. The zero-order valence-corrected chi connectivity index (χ0v) is 13.9. The summed E-state index contributed by atoms with van der Waals surface area (Å²) < 4.78 is 1.83.